The van der Waals surface area contributed by atoms with Gasteiger partial charge in [-0.15, -0.1) is 0 Å². The summed E-state index contributed by atoms with van der Waals surface area (Å²) in [5.41, 5.74) is 1.07. The lowest BCUT2D eigenvalue weighted by atomic mass is 10.1. The molecule has 7 nitrogen and oxygen atoms in total. The summed E-state index contributed by atoms with van der Waals surface area (Å²) in [6.45, 7) is 13.5. The van der Waals surface area contributed by atoms with Gasteiger partial charge in [0, 0.05) is 24.9 Å². The highest BCUT2D eigenvalue weighted by molar-refractivity contribution is 7.44. The molecule has 0 amide bonds. The van der Waals surface area contributed by atoms with Gasteiger partial charge in [0.2, 0.25) is 0 Å². The summed E-state index contributed by atoms with van der Waals surface area (Å²) in [5, 5.41) is 0. The van der Waals surface area contributed by atoms with Gasteiger partial charge in [-0.25, -0.2) is 4.67 Å². The zero-order valence-corrected chi connectivity index (χ0v) is 35.4. The molecule has 2 unspecified atom stereocenters. The zero-order valence-electron chi connectivity index (χ0n) is 34.6. The molecule has 0 N–H and O–H groups in total. The summed E-state index contributed by atoms with van der Waals surface area (Å²) >= 11 is 0. The first-order chi connectivity index (χ1) is 25.3. The molecule has 1 aromatic carbocycles. The molecule has 0 aliphatic heterocycles. The third kappa shape index (κ3) is 27.1. The smallest absolute Gasteiger partial charge is 0.306 e. The fourth-order valence-electron chi connectivity index (χ4n) is 6.48. The van der Waals surface area contributed by atoms with Gasteiger partial charge in [-0.2, -0.15) is 0 Å². The Morgan fingerprint density at radius 3 is 1.42 bits per heavy atom. The highest BCUT2D eigenvalue weighted by Gasteiger charge is 2.29. The normalized spacial score (nSPS) is 12.9. The molecule has 0 bridgehead atoms. The molecule has 0 fully saturated rings. The van der Waals surface area contributed by atoms with Crippen LogP contribution in [-0.4, -0.2) is 48.0 Å². The number of rotatable bonds is 36. The molecule has 52 heavy (non-hydrogen) atoms. The van der Waals surface area contributed by atoms with Crippen molar-refractivity contribution in [3.63, 3.8) is 0 Å². The Morgan fingerprint density at radius 2 is 0.981 bits per heavy atom. The first kappa shape index (κ1) is 48.5. The van der Waals surface area contributed by atoms with E-state index in [1.807, 2.05) is 30.3 Å². The van der Waals surface area contributed by atoms with Gasteiger partial charge < -0.3 is 18.5 Å². The van der Waals surface area contributed by atoms with E-state index >= 15 is 0 Å². The lowest BCUT2D eigenvalue weighted by Gasteiger charge is -2.36. The molecule has 0 aliphatic rings. The quantitative estimate of drug-likeness (QED) is 0.0384. The lowest BCUT2D eigenvalue weighted by molar-refractivity contribution is -0.161. The number of unbranched alkanes of at least 4 members (excludes halogenated alkanes) is 20. The van der Waals surface area contributed by atoms with Crippen molar-refractivity contribution in [2.75, 3.05) is 13.2 Å². The number of ether oxygens (including phenoxy) is 2. The van der Waals surface area contributed by atoms with E-state index in [2.05, 4.69) is 46.2 Å². The molecule has 0 heterocycles. The maximum atomic E-state index is 13.0. The minimum atomic E-state index is -1.46. The Balaban J connectivity index is 2.62. The van der Waals surface area contributed by atoms with Crippen molar-refractivity contribution in [1.29, 1.82) is 0 Å². The standard InChI is InChI=1S/C44H80NO6P/c1-7-9-11-13-15-17-19-21-23-25-30-34-43(46)48-37-42(51-44(47)35-31-26-24-22-20-18-16-14-12-10-8-2)38-50-52(45(39(3)4)40(5)6)49-36-41-32-28-27-29-33-41/h27-29,32-33,39-40,42H,7-26,30-31,34-38H2,1-6H3. The van der Waals surface area contributed by atoms with Crippen molar-refractivity contribution in [3.8, 4) is 0 Å². The maximum absolute atomic E-state index is 13.0. The number of benzene rings is 1. The first-order valence-corrected chi connectivity index (χ1v) is 22.6. The highest BCUT2D eigenvalue weighted by Crippen LogP contribution is 2.46. The van der Waals surface area contributed by atoms with Gasteiger partial charge in [0.25, 0.3) is 8.53 Å². The summed E-state index contributed by atoms with van der Waals surface area (Å²) in [7, 11) is -1.46. The van der Waals surface area contributed by atoms with Crippen LogP contribution in [0.2, 0.25) is 0 Å². The molecule has 1 rings (SSSR count). The third-order valence-corrected chi connectivity index (χ3v) is 11.5. The summed E-state index contributed by atoms with van der Waals surface area (Å²) in [6.07, 6.45) is 27.1. The second kappa shape index (κ2) is 34.0. The molecule has 0 radical (unpaired) electrons. The van der Waals surface area contributed by atoms with Crippen LogP contribution < -0.4 is 0 Å². The van der Waals surface area contributed by atoms with Crippen LogP contribution in [0.4, 0.5) is 0 Å². The largest absolute Gasteiger partial charge is 0.462 e. The molecular weight excluding hydrogens is 669 g/mol. The first-order valence-electron chi connectivity index (χ1n) is 21.5. The molecule has 0 aliphatic carbocycles. The van der Waals surface area contributed by atoms with E-state index in [4.69, 9.17) is 18.5 Å². The topological polar surface area (TPSA) is 74.3 Å². The molecular formula is C44H80NO6P. The van der Waals surface area contributed by atoms with E-state index in [0.29, 0.717) is 19.4 Å². The molecule has 0 spiro atoms. The fraction of sp³-hybridized carbons (Fsp3) is 0.818. The Kier molecular flexibility index (Phi) is 31.7. The molecule has 302 valence electrons. The third-order valence-electron chi connectivity index (χ3n) is 9.50. The molecule has 0 saturated carbocycles. The van der Waals surface area contributed by atoms with E-state index in [1.54, 1.807) is 0 Å². The number of nitrogens with zero attached hydrogens (tertiary/aromatic N) is 1. The van der Waals surface area contributed by atoms with E-state index in [0.717, 1.165) is 44.1 Å². The Morgan fingerprint density at radius 1 is 0.558 bits per heavy atom. The van der Waals surface area contributed by atoms with Crippen molar-refractivity contribution >= 4 is 20.5 Å². The minimum Gasteiger partial charge on any atom is -0.462 e. The van der Waals surface area contributed by atoms with Crippen LogP contribution in [-0.2, 0) is 34.7 Å². The van der Waals surface area contributed by atoms with Gasteiger partial charge in [0.1, 0.15) is 6.61 Å². The van der Waals surface area contributed by atoms with Crippen molar-refractivity contribution in [1.82, 2.24) is 4.67 Å². The molecule has 0 saturated heterocycles. The molecule has 1 aromatic rings. The van der Waals surface area contributed by atoms with Crippen molar-refractivity contribution in [3.05, 3.63) is 35.9 Å². The average Bonchev–Trinajstić information content (AvgIpc) is 3.12. The van der Waals surface area contributed by atoms with Crippen LogP contribution in [0.1, 0.15) is 201 Å². The SMILES string of the molecule is CCCCCCCCCCCCCC(=O)OCC(COP(OCc1ccccc1)N(C(C)C)C(C)C)OC(=O)CCCCCCCCCCCCC. The minimum absolute atomic E-state index is 0.00786. The van der Waals surface area contributed by atoms with Gasteiger partial charge in [0.05, 0.1) is 13.2 Å². The van der Waals surface area contributed by atoms with Crippen molar-refractivity contribution in [2.24, 2.45) is 0 Å². The second-order valence-corrected chi connectivity index (χ2v) is 16.7. The van der Waals surface area contributed by atoms with Gasteiger partial charge in [-0.05, 0) is 46.1 Å². The predicted molar refractivity (Wildman–Crippen MR) is 219 cm³/mol. The molecule has 2 atom stereocenters. The van der Waals surface area contributed by atoms with Crippen LogP contribution in [0.5, 0.6) is 0 Å². The van der Waals surface area contributed by atoms with E-state index in [1.165, 1.54) is 103 Å². The molecule has 8 heteroatoms. The van der Waals surface area contributed by atoms with Gasteiger partial charge in [0.15, 0.2) is 6.10 Å². The number of esters is 2. The number of hydrogen-bond donors (Lipinski definition) is 0. The highest BCUT2D eigenvalue weighted by atomic mass is 31.2. The van der Waals surface area contributed by atoms with Crippen LogP contribution in [0, 0.1) is 0 Å². The van der Waals surface area contributed by atoms with Crippen LogP contribution in [0.25, 0.3) is 0 Å². The molecule has 0 aromatic heterocycles. The van der Waals surface area contributed by atoms with Gasteiger partial charge in [-0.3, -0.25) is 9.59 Å². The summed E-state index contributed by atoms with van der Waals surface area (Å²) < 4.78 is 26.6. The van der Waals surface area contributed by atoms with Gasteiger partial charge >= 0.3 is 11.9 Å². The van der Waals surface area contributed by atoms with E-state index in [9.17, 15) is 9.59 Å². The Bertz CT molecular complexity index is 953. The van der Waals surface area contributed by atoms with Crippen LogP contribution in [0.3, 0.4) is 0 Å². The second-order valence-electron chi connectivity index (χ2n) is 15.2. The average molecular weight is 750 g/mol. The van der Waals surface area contributed by atoms with E-state index < -0.39 is 14.6 Å². The number of carbonyl (C=O) groups excluding carboxylic acids is 2. The fourth-order valence-corrected chi connectivity index (χ4v) is 8.13. The van der Waals surface area contributed by atoms with Crippen molar-refractivity contribution in [2.45, 2.75) is 220 Å². The van der Waals surface area contributed by atoms with Crippen LogP contribution in [0.15, 0.2) is 30.3 Å². The summed E-state index contributed by atoms with van der Waals surface area (Å²) in [6, 6.07) is 10.4. The zero-order chi connectivity index (χ0) is 38.1. The Labute approximate surface area is 322 Å². The maximum Gasteiger partial charge on any atom is 0.306 e. The summed E-state index contributed by atoms with van der Waals surface area (Å²) in [4.78, 5) is 25.7. The monoisotopic (exact) mass is 750 g/mol. The lowest BCUT2D eigenvalue weighted by Crippen LogP contribution is -2.35. The summed E-state index contributed by atoms with van der Waals surface area (Å²) in [5.74, 6) is -0.499. The number of carbonyl (C=O) groups is 2. The van der Waals surface area contributed by atoms with Crippen LogP contribution >= 0.6 is 8.53 Å². The van der Waals surface area contributed by atoms with E-state index in [-0.39, 0.29) is 37.2 Å². The predicted octanol–water partition coefficient (Wildman–Crippen LogP) is 13.4. The Hall–Kier alpha value is -1.53. The van der Waals surface area contributed by atoms with Crippen molar-refractivity contribution < 1.29 is 28.1 Å². The van der Waals surface area contributed by atoms with Gasteiger partial charge in [-0.1, -0.05) is 173 Å². The number of hydrogen-bond acceptors (Lipinski definition) is 7.